The highest BCUT2D eigenvalue weighted by Crippen LogP contribution is 2.14. The molecule has 0 amide bonds. The van der Waals surface area contributed by atoms with Crippen LogP contribution >= 0.6 is 11.6 Å². The average molecular weight is 285 g/mol. The van der Waals surface area contributed by atoms with Gasteiger partial charge in [-0.1, -0.05) is 25.4 Å². The highest BCUT2D eigenvalue weighted by molar-refractivity contribution is 6.30. The number of hydrogen-bond acceptors (Lipinski definition) is 3. The lowest BCUT2D eigenvalue weighted by atomic mass is 10.3. The van der Waals surface area contributed by atoms with Crippen LogP contribution in [0.1, 0.15) is 20.3 Å². The summed E-state index contributed by atoms with van der Waals surface area (Å²) < 4.78 is 5.60. The van der Waals surface area contributed by atoms with E-state index in [0.717, 1.165) is 43.5 Å². The van der Waals surface area contributed by atoms with Gasteiger partial charge in [0.1, 0.15) is 12.4 Å². The Kier molecular flexibility index (Phi) is 8.63. The molecule has 0 aliphatic rings. The molecule has 0 atom stereocenters. The van der Waals surface area contributed by atoms with Crippen LogP contribution in [0.3, 0.4) is 0 Å². The van der Waals surface area contributed by atoms with Gasteiger partial charge in [-0.05, 0) is 56.9 Å². The summed E-state index contributed by atoms with van der Waals surface area (Å²) in [5.74, 6) is 0.870. The van der Waals surface area contributed by atoms with Crippen LogP contribution in [0, 0.1) is 0 Å². The smallest absolute Gasteiger partial charge is 0.119 e. The summed E-state index contributed by atoms with van der Waals surface area (Å²) in [6, 6.07) is 7.47. The predicted octanol–water partition coefficient (Wildman–Crippen LogP) is 3.04. The molecule has 0 saturated carbocycles. The van der Waals surface area contributed by atoms with Gasteiger partial charge in [-0.25, -0.2) is 0 Å². The SMILES string of the molecule is CCN(CC)CCCNCCOc1ccc(Cl)cc1. The van der Waals surface area contributed by atoms with E-state index in [2.05, 4.69) is 24.1 Å². The van der Waals surface area contributed by atoms with Gasteiger partial charge in [-0.3, -0.25) is 0 Å². The molecule has 0 bridgehead atoms. The molecule has 108 valence electrons. The molecule has 0 unspecified atom stereocenters. The zero-order valence-electron chi connectivity index (χ0n) is 12.0. The van der Waals surface area contributed by atoms with Crippen LogP contribution in [-0.4, -0.2) is 44.2 Å². The molecule has 0 radical (unpaired) electrons. The van der Waals surface area contributed by atoms with E-state index in [1.165, 1.54) is 6.42 Å². The lowest BCUT2D eigenvalue weighted by Gasteiger charge is -2.17. The van der Waals surface area contributed by atoms with Crippen LogP contribution in [0.4, 0.5) is 0 Å². The fraction of sp³-hybridized carbons (Fsp3) is 0.600. The maximum Gasteiger partial charge on any atom is 0.119 e. The summed E-state index contributed by atoms with van der Waals surface area (Å²) in [4.78, 5) is 2.44. The third kappa shape index (κ3) is 7.41. The van der Waals surface area contributed by atoms with Crippen LogP contribution in [0.2, 0.25) is 5.02 Å². The first-order valence-corrected chi connectivity index (χ1v) is 7.45. The van der Waals surface area contributed by atoms with Crippen molar-refractivity contribution in [2.24, 2.45) is 0 Å². The average Bonchev–Trinajstić information content (AvgIpc) is 2.44. The van der Waals surface area contributed by atoms with Crippen molar-refractivity contribution in [3.8, 4) is 5.75 Å². The minimum absolute atomic E-state index is 0.687. The quantitative estimate of drug-likeness (QED) is 0.669. The number of nitrogens with one attached hydrogen (secondary N) is 1. The van der Waals surface area contributed by atoms with Gasteiger partial charge in [0.25, 0.3) is 0 Å². The number of rotatable bonds is 10. The van der Waals surface area contributed by atoms with Gasteiger partial charge < -0.3 is 15.0 Å². The van der Waals surface area contributed by atoms with Crippen molar-refractivity contribution in [1.29, 1.82) is 0 Å². The molecule has 0 aliphatic carbocycles. The third-order valence-electron chi connectivity index (χ3n) is 3.08. The van der Waals surface area contributed by atoms with Crippen LogP contribution in [0.25, 0.3) is 0 Å². The Morgan fingerprint density at radius 3 is 2.42 bits per heavy atom. The topological polar surface area (TPSA) is 24.5 Å². The first kappa shape index (κ1) is 16.3. The highest BCUT2D eigenvalue weighted by atomic mass is 35.5. The maximum absolute atomic E-state index is 5.81. The van der Waals surface area contributed by atoms with Crippen molar-refractivity contribution in [3.63, 3.8) is 0 Å². The van der Waals surface area contributed by atoms with Crippen molar-refractivity contribution in [2.75, 3.05) is 39.3 Å². The van der Waals surface area contributed by atoms with Gasteiger partial charge in [0.05, 0.1) is 0 Å². The van der Waals surface area contributed by atoms with E-state index in [9.17, 15) is 0 Å². The van der Waals surface area contributed by atoms with Gasteiger partial charge in [0.2, 0.25) is 0 Å². The summed E-state index contributed by atoms with van der Waals surface area (Å²) in [7, 11) is 0. The second-order valence-corrected chi connectivity index (χ2v) is 4.87. The Morgan fingerprint density at radius 1 is 1.11 bits per heavy atom. The van der Waals surface area contributed by atoms with Crippen molar-refractivity contribution >= 4 is 11.6 Å². The molecule has 1 N–H and O–H groups in total. The molecule has 1 aromatic carbocycles. The largest absolute Gasteiger partial charge is 0.492 e. The Morgan fingerprint density at radius 2 is 1.79 bits per heavy atom. The number of ether oxygens (including phenoxy) is 1. The second-order valence-electron chi connectivity index (χ2n) is 4.43. The van der Waals surface area contributed by atoms with E-state index in [4.69, 9.17) is 16.3 Å². The molecular formula is C15H25ClN2O. The molecule has 0 spiro atoms. The number of halogens is 1. The molecule has 0 aliphatic heterocycles. The van der Waals surface area contributed by atoms with E-state index in [0.29, 0.717) is 6.61 Å². The molecule has 19 heavy (non-hydrogen) atoms. The third-order valence-corrected chi connectivity index (χ3v) is 3.34. The molecular weight excluding hydrogens is 260 g/mol. The van der Waals surface area contributed by atoms with Gasteiger partial charge in [0, 0.05) is 11.6 Å². The summed E-state index contributed by atoms with van der Waals surface area (Å²) in [5.41, 5.74) is 0. The van der Waals surface area contributed by atoms with E-state index >= 15 is 0 Å². The number of benzene rings is 1. The van der Waals surface area contributed by atoms with E-state index < -0.39 is 0 Å². The Balaban J connectivity index is 1.98. The zero-order valence-corrected chi connectivity index (χ0v) is 12.7. The molecule has 3 nitrogen and oxygen atoms in total. The number of hydrogen-bond donors (Lipinski definition) is 1. The van der Waals surface area contributed by atoms with Crippen molar-refractivity contribution in [2.45, 2.75) is 20.3 Å². The van der Waals surface area contributed by atoms with Crippen LogP contribution in [0.5, 0.6) is 5.75 Å². The van der Waals surface area contributed by atoms with Crippen LogP contribution in [0.15, 0.2) is 24.3 Å². The Labute approximate surface area is 121 Å². The molecule has 0 heterocycles. The van der Waals surface area contributed by atoms with Crippen molar-refractivity contribution in [3.05, 3.63) is 29.3 Å². The zero-order chi connectivity index (χ0) is 13.9. The Bertz CT molecular complexity index is 325. The fourth-order valence-electron chi connectivity index (χ4n) is 1.86. The Hall–Kier alpha value is -0.770. The minimum atomic E-state index is 0.687. The molecule has 0 saturated heterocycles. The lowest BCUT2D eigenvalue weighted by molar-refractivity contribution is 0.290. The van der Waals surface area contributed by atoms with Gasteiger partial charge in [-0.15, -0.1) is 0 Å². The van der Waals surface area contributed by atoms with E-state index in [1.54, 1.807) is 0 Å². The molecule has 1 rings (SSSR count). The summed E-state index contributed by atoms with van der Waals surface area (Å²) in [6.45, 7) is 10.5. The van der Waals surface area contributed by atoms with E-state index in [1.807, 2.05) is 24.3 Å². The summed E-state index contributed by atoms with van der Waals surface area (Å²) in [5, 5.41) is 4.13. The first-order valence-electron chi connectivity index (χ1n) is 7.07. The number of nitrogens with zero attached hydrogens (tertiary/aromatic N) is 1. The predicted molar refractivity (Wildman–Crippen MR) is 82.2 cm³/mol. The molecule has 1 aromatic rings. The monoisotopic (exact) mass is 284 g/mol. The highest BCUT2D eigenvalue weighted by Gasteiger charge is 1.98. The minimum Gasteiger partial charge on any atom is -0.492 e. The first-order chi connectivity index (χ1) is 9.26. The summed E-state index contributed by atoms with van der Waals surface area (Å²) in [6.07, 6.45) is 1.18. The van der Waals surface area contributed by atoms with Crippen molar-refractivity contribution in [1.82, 2.24) is 10.2 Å². The van der Waals surface area contributed by atoms with Gasteiger partial charge in [-0.2, -0.15) is 0 Å². The summed E-state index contributed by atoms with van der Waals surface area (Å²) >= 11 is 5.81. The van der Waals surface area contributed by atoms with E-state index in [-0.39, 0.29) is 0 Å². The van der Waals surface area contributed by atoms with Gasteiger partial charge in [0.15, 0.2) is 0 Å². The van der Waals surface area contributed by atoms with Crippen LogP contribution in [-0.2, 0) is 0 Å². The fourth-order valence-corrected chi connectivity index (χ4v) is 1.99. The normalized spacial score (nSPS) is 10.9. The maximum atomic E-state index is 5.81. The molecule has 0 fully saturated rings. The lowest BCUT2D eigenvalue weighted by Crippen LogP contribution is -2.28. The molecule has 0 aromatic heterocycles. The van der Waals surface area contributed by atoms with Crippen molar-refractivity contribution < 1.29 is 4.74 Å². The van der Waals surface area contributed by atoms with Crippen LogP contribution < -0.4 is 10.1 Å². The second kappa shape index (κ2) is 10.1. The standard InChI is InChI=1S/C15H25ClN2O/c1-3-18(4-2)12-5-10-17-11-13-19-15-8-6-14(16)7-9-15/h6-9,17H,3-5,10-13H2,1-2H3. The molecule has 4 heteroatoms. The van der Waals surface area contributed by atoms with Gasteiger partial charge >= 0.3 is 0 Å².